The normalized spacial score (nSPS) is 15.1. The third-order valence-electron chi connectivity index (χ3n) is 4.47. The van der Waals surface area contributed by atoms with Gasteiger partial charge in [-0.15, -0.1) is 0 Å². The number of anilines is 1. The van der Waals surface area contributed by atoms with E-state index < -0.39 is 5.82 Å². The molecule has 3 aromatic rings. The Morgan fingerprint density at radius 2 is 1.81 bits per heavy atom. The molecule has 0 bridgehead atoms. The Balaban J connectivity index is 1.46. The summed E-state index contributed by atoms with van der Waals surface area (Å²) >= 11 is 18.5. The maximum absolute atomic E-state index is 14.1. The van der Waals surface area contributed by atoms with Crippen molar-refractivity contribution in [1.29, 1.82) is 0 Å². The highest BCUT2D eigenvalue weighted by Crippen LogP contribution is 2.37. The van der Waals surface area contributed by atoms with Gasteiger partial charge in [0.1, 0.15) is 18.2 Å². The number of hydrogen-bond acceptors (Lipinski definition) is 4. The summed E-state index contributed by atoms with van der Waals surface area (Å²) in [5.41, 5.74) is 1.77. The number of carbonyl (C=O) groups excluding carboxylic acids is 1. The molecule has 8 heteroatoms. The lowest BCUT2D eigenvalue weighted by Gasteiger charge is -2.14. The molecule has 0 spiro atoms. The summed E-state index contributed by atoms with van der Waals surface area (Å²) < 4.78 is 20.2. The van der Waals surface area contributed by atoms with Crippen LogP contribution in [0.2, 0.25) is 10.0 Å². The van der Waals surface area contributed by atoms with E-state index in [0.29, 0.717) is 31.6 Å². The van der Waals surface area contributed by atoms with Crippen molar-refractivity contribution in [2.45, 2.75) is 6.61 Å². The number of carbonyl (C=O) groups is 1. The molecule has 0 atom stereocenters. The van der Waals surface area contributed by atoms with Crippen molar-refractivity contribution in [2.24, 2.45) is 0 Å². The van der Waals surface area contributed by atoms with Crippen molar-refractivity contribution in [2.75, 3.05) is 4.90 Å². The molecule has 0 radical (unpaired) electrons. The third-order valence-corrected chi connectivity index (χ3v) is 6.36. The van der Waals surface area contributed by atoms with Gasteiger partial charge < -0.3 is 4.74 Å². The van der Waals surface area contributed by atoms with Gasteiger partial charge in [0, 0.05) is 15.6 Å². The van der Waals surface area contributed by atoms with Crippen molar-refractivity contribution in [1.82, 2.24) is 0 Å². The molecule has 1 aliphatic heterocycles. The molecule has 0 saturated carbocycles. The summed E-state index contributed by atoms with van der Waals surface area (Å²) in [6.07, 6.45) is 1.72. The van der Waals surface area contributed by atoms with Crippen molar-refractivity contribution in [3.05, 3.63) is 98.6 Å². The van der Waals surface area contributed by atoms with Crippen LogP contribution in [0.15, 0.2) is 71.6 Å². The molecule has 4 rings (SSSR count). The van der Waals surface area contributed by atoms with Gasteiger partial charge in [0.2, 0.25) is 0 Å². The number of benzene rings is 3. The van der Waals surface area contributed by atoms with E-state index in [4.69, 9.17) is 40.2 Å². The Hall–Kier alpha value is -2.38. The fourth-order valence-corrected chi connectivity index (χ4v) is 4.67. The molecule has 0 N–H and O–H groups in total. The molecule has 3 nitrogen and oxygen atoms in total. The first-order chi connectivity index (χ1) is 14.9. The summed E-state index contributed by atoms with van der Waals surface area (Å²) in [6, 6.07) is 18.6. The van der Waals surface area contributed by atoms with Crippen LogP contribution >= 0.6 is 47.2 Å². The number of nitrogens with zero attached hydrogens (tertiary/aromatic N) is 1. The van der Waals surface area contributed by atoms with Crippen LogP contribution in [-0.4, -0.2) is 10.2 Å². The Labute approximate surface area is 198 Å². The molecule has 156 valence electrons. The summed E-state index contributed by atoms with van der Waals surface area (Å²) in [6.45, 7) is 0.302. The van der Waals surface area contributed by atoms with Gasteiger partial charge in [-0.2, -0.15) is 0 Å². The molecule has 0 aliphatic carbocycles. The molecule has 1 heterocycles. The predicted molar refractivity (Wildman–Crippen MR) is 129 cm³/mol. The van der Waals surface area contributed by atoms with Gasteiger partial charge in [-0.05, 0) is 48.0 Å². The number of amides is 1. The lowest BCUT2D eigenvalue weighted by Crippen LogP contribution is -2.28. The SMILES string of the molecule is O=C1/C(=C\c2ccc(OCc3ccc(Cl)cc3Cl)cc2)SC(=S)N1c1ccccc1F. The topological polar surface area (TPSA) is 29.5 Å². The first kappa shape index (κ1) is 21.8. The van der Waals surface area contributed by atoms with E-state index in [1.54, 1.807) is 42.5 Å². The highest BCUT2D eigenvalue weighted by atomic mass is 35.5. The van der Waals surface area contributed by atoms with Gasteiger partial charge in [0.15, 0.2) is 4.32 Å². The lowest BCUT2D eigenvalue weighted by molar-refractivity contribution is -0.113. The number of halogens is 3. The number of rotatable bonds is 5. The van der Waals surface area contributed by atoms with Gasteiger partial charge in [-0.1, -0.05) is 77.5 Å². The van der Waals surface area contributed by atoms with Crippen molar-refractivity contribution < 1.29 is 13.9 Å². The fourth-order valence-electron chi connectivity index (χ4n) is 2.92. The number of ether oxygens (including phenoxy) is 1. The summed E-state index contributed by atoms with van der Waals surface area (Å²) in [5, 5.41) is 1.11. The van der Waals surface area contributed by atoms with Gasteiger partial charge in [0.05, 0.1) is 10.6 Å². The zero-order chi connectivity index (χ0) is 22.0. The second-order valence-electron chi connectivity index (χ2n) is 6.56. The van der Waals surface area contributed by atoms with Gasteiger partial charge in [0.25, 0.3) is 5.91 Å². The van der Waals surface area contributed by atoms with Crippen LogP contribution in [-0.2, 0) is 11.4 Å². The molecule has 0 aromatic heterocycles. The first-order valence-electron chi connectivity index (χ1n) is 9.11. The van der Waals surface area contributed by atoms with Crippen LogP contribution in [0.1, 0.15) is 11.1 Å². The van der Waals surface area contributed by atoms with E-state index in [9.17, 15) is 9.18 Å². The van der Waals surface area contributed by atoms with Crippen molar-refractivity contribution in [3.8, 4) is 5.75 Å². The molecule has 1 aliphatic rings. The van der Waals surface area contributed by atoms with E-state index in [1.165, 1.54) is 17.0 Å². The highest BCUT2D eigenvalue weighted by Gasteiger charge is 2.34. The summed E-state index contributed by atoms with van der Waals surface area (Å²) in [5.74, 6) is -0.192. The number of para-hydroxylation sites is 1. The lowest BCUT2D eigenvalue weighted by atomic mass is 10.2. The Kier molecular flexibility index (Phi) is 6.62. The van der Waals surface area contributed by atoms with Crippen molar-refractivity contribution in [3.63, 3.8) is 0 Å². The predicted octanol–water partition coefficient (Wildman–Crippen LogP) is 7.12. The highest BCUT2D eigenvalue weighted by molar-refractivity contribution is 8.27. The molecule has 1 fully saturated rings. The standard InChI is InChI=1S/C23H14Cl2FNO2S2/c24-16-8-7-15(18(25)12-16)13-29-17-9-5-14(6-10-17)11-21-22(28)27(23(30)31-21)20-4-2-1-3-19(20)26/h1-12H,13H2/b21-11+. The molecular formula is C23H14Cl2FNO2S2. The quantitative estimate of drug-likeness (QED) is 0.282. The maximum atomic E-state index is 14.1. The van der Waals surface area contributed by atoms with Crippen LogP contribution < -0.4 is 9.64 Å². The minimum atomic E-state index is -0.498. The Morgan fingerprint density at radius 1 is 1.06 bits per heavy atom. The van der Waals surface area contributed by atoms with Gasteiger partial charge in [-0.25, -0.2) is 4.39 Å². The van der Waals surface area contributed by atoms with Crippen LogP contribution in [0.4, 0.5) is 10.1 Å². The van der Waals surface area contributed by atoms with E-state index in [1.807, 2.05) is 18.2 Å². The van der Waals surface area contributed by atoms with Crippen LogP contribution in [0, 0.1) is 5.82 Å². The monoisotopic (exact) mass is 489 g/mol. The minimum Gasteiger partial charge on any atom is -0.489 e. The fraction of sp³-hybridized carbons (Fsp3) is 0.0435. The number of thiocarbonyl (C=S) groups is 1. The van der Waals surface area contributed by atoms with Gasteiger partial charge in [-0.3, -0.25) is 9.69 Å². The zero-order valence-electron chi connectivity index (χ0n) is 15.8. The summed E-state index contributed by atoms with van der Waals surface area (Å²) in [7, 11) is 0. The average molecular weight is 490 g/mol. The van der Waals surface area contributed by atoms with Crippen LogP contribution in [0.5, 0.6) is 5.75 Å². The number of thioether (sulfide) groups is 1. The average Bonchev–Trinajstić information content (AvgIpc) is 3.02. The van der Waals surface area contributed by atoms with Crippen molar-refractivity contribution >= 4 is 69.2 Å². The van der Waals surface area contributed by atoms with E-state index in [2.05, 4.69) is 0 Å². The number of hydrogen-bond donors (Lipinski definition) is 0. The zero-order valence-corrected chi connectivity index (χ0v) is 19.0. The summed E-state index contributed by atoms with van der Waals surface area (Å²) in [4.78, 5) is 14.4. The Bertz CT molecular complexity index is 1200. The largest absolute Gasteiger partial charge is 0.489 e. The Morgan fingerprint density at radius 3 is 2.52 bits per heavy atom. The molecule has 31 heavy (non-hydrogen) atoms. The first-order valence-corrected chi connectivity index (χ1v) is 11.1. The van der Waals surface area contributed by atoms with E-state index >= 15 is 0 Å². The molecular weight excluding hydrogens is 476 g/mol. The maximum Gasteiger partial charge on any atom is 0.270 e. The minimum absolute atomic E-state index is 0.151. The van der Waals surface area contributed by atoms with E-state index in [0.717, 1.165) is 22.9 Å². The molecule has 1 saturated heterocycles. The molecule has 3 aromatic carbocycles. The van der Waals surface area contributed by atoms with Crippen LogP contribution in [0.3, 0.4) is 0 Å². The van der Waals surface area contributed by atoms with E-state index in [-0.39, 0.29) is 11.6 Å². The van der Waals surface area contributed by atoms with Gasteiger partial charge >= 0.3 is 0 Å². The smallest absolute Gasteiger partial charge is 0.270 e. The second kappa shape index (κ2) is 9.40. The second-order valence-corrected chi connectivity index (χ2v) is 9.08. The molecule has 0 unspecified atom stereocenters. The molecule has 1 amide bonds. The van der Waals surface area contributed by atoms with Crippen LogP contribution in [0.25, 0.3) is 6.08 Å². The third kappa shape index (κ3) is 4.93.